The largest absolute Gasteiger partial charge is 0.347 e. The molecule has 2 aromatic rings. The number of likely N-dealkylation sites (tertiary alicyclic amines) is 1. The number of hydrogen-bond acceptors (Lipinski definition) is 3. The van der Waals surface area contributed by atoms with E-state index in [2.05, 4.69) is 10.3 Å². The summed E-state index contributed by atoms with van der Waals surface area (Å²) in [6.07, 6.45) is 2.06. The smallest absolute Gasteiger partial charge is 0.272 e. The molecule has 5 nitrogen and oxygen atoms in total. The minimum Gasteiger partial charge on any atom is -0.347 e. The zero-order valence-corrected chi connectivity index (χ0v) is 13.8. The Morgan fingerprint density at radius 2 is 1.71 bits per heavy atom. The molecule has 0 saturated carbocycles. The van der Waals surface area contributed by atoms with Crippen LogP contribution in [0.1, 0.15) is 44.9 Å². The topological polar surface area (TPSA) is 62.3 Å². The Morgan fingerprint density at radius 3 is 2.42 bits per heavy atom. The van der Waals surface area contributed by atoms with Gasteiger partial charge in [0.1, 0.15) is 11.4 Å². The van der Waals surface area contributed by atoms with Gasteiger partial charge in [-0.1, -0.05) is 35.9 Å². The summed E-state index contributed by atoms with van der Waals surface area (Å²) in [6.45, 7) is 4.00. The van der Waals surface area contributed by atoms with E-state index >= 15 is 0 Å². The van der Waals surface area contributed by atoms with E-state index in [-0.39, 0.29) is 17.5 Å². The molecule has 1 aliphatic rings. The second-order valence-corrected chi connectivity index (χ2v) is 6.08. The molecule has 1 aliphatic heterocycles. The first kappa shape index (κ1) is 16.2. The van der Waals surface area contributed by atoms with Gasteiger partial charge >= 0.3 is 0 Å². The number of carbonyl (C=O) groups excluding carboxylic acids is 2. The molecule has 0 unspecified atom stereocenters. The van der Waals surface area contributed by atoms with Crippen molar-refractivity contribution in [3.8, 4) is 0 Å². The van der Waals surface area contributed by atoms with Gasteiger partial charge in [0.2, 0.25) is 0 Å². The third-order valence-corrected chi connectivity index (χ3v) is 4.17. The Morgan fingerprint density at radius 1 is 1.04 bits per heavy atom. The van der Waals surface area contributed by atoms with Crippen molar-refractivity contribution in [2.24, 2.45) is 0 Å². The van der Waals surface area contributed by atoms with Crippen LogP contribution in [0.4, 0.5) is 0 Å². The van der Waals surface area contributed by atoms with Crippen LogP contribution in [0.2, 0.25) is 0 Å². The van der Waals surface area contributed by atoms with Crippen LogP contribution >= 0.6 is 0 Å². The molecule has 1 aromatic heterocycles. The predicted molar refractivity (Wildman–Crippen MR) is 91.7 cm³/mol. The van der Waals surface area contributed by atoms with Gasteiger partial charge in [-0.25, -0.2) is 4.98 Å². The van der Waals surface area contributed by atoms with Crippen molar-refractivity contribution in [1.29, 1.82) is 0 Å². The Hall–Kier alpha value is -2.69. The summed E-state index contributed by atoms with van der Waals surface area (Å²) in [5.41, 5.74) is 2.81. The van der Waals surface area contributed by atoms with Crippen LogP contribution in [0, 0.1) is 6.92 Å². The normalized spacial score (nSPS) is 13.8. The molecule has 24 heavy (non-hydrogen) atoms. The molecule has 5 heteroatoms. The first-order chi connectivity index (χ1) is 11.6. The van der Waals surface area contributed by atoms with Gasteiger partial charge in [-0.15, -0.1) is 0 Å². The highest BCUT2D eigenvalue weighted by atomic mass is 16.2. The van der Waals surface area contributed by atoms with Crippen molar-refractivity contribution < 1.29 is 9.59 Å². The number of pyridine rings is 1. The number of aromatic nitrogens is 1. The summed E-state index contributed by atoms with van der Waals surface area (Å²) in [5, 5.41) is 2.84. The van der Waals surface area contributed by atoms with Gasteiger partial charge in [-0.2, -0.15) is 0 Å². The van der Waals surface area contributed by atoms with Crippen LogP contribution in [-0.2, 0) is 6.54 Å². The van der Waals surface area contributed by atoms with E-state index in [4.69, 9.17) is 0 Å². The van der Waals surface area contributed by atoms with Gasteiger partial charge in [-0.05, 0) is 37.5 Å². The molecule has 0 spiro atoms. The number of aryl methyl sites for hydroxylation is 1. The summed E-state index contributed by atoms with van der Waals surface area (Å²) >= 11 is 0. The Balaban J connectivity index is 1.65. The van der Waals surface area contributed by atoms with Crippen LogP contribution < -0.4 is 5.32 Å². The van der Waals surface area contributed by atoms with E-state index in [1.165, 1.54) is 5.56 Å². The van der Waals surface area contributed by atoms with E-state index in [1.807, 2.05) is 31.2 Å². The van der Waals surface area contributed by atoms with Gasteiger partial charge in [0.05, 0.1) is 0 Å². The molecule has 2 heterocycles. The Bertz CT molecular complexity index is 735. The fourth-order valence-electron chi connectivity index (χ4n) is 2.74. The molecule has 1 aromatic carbocycles. The standard InChI is InChI=1S/C19H21N3O2/c1-14-7-9-15(10-8-14)13-20-18(23)16-5-4-6-17(21-16)19(24)22-11-2-3-12-22/h4-10H,2-3,11-13H2,1H3,(H,20,23). The molecule has 2 amide bonds. The lowest BCUT2D eigenvalue weighted by Crippen LogP contribution is -2.29. The monoisotopic (exact) mass is 323 g/mol. The summed E-state index contributed by atoms with van der Waals surface area (Å²) in [5.74, 6) is -0.368. The third-order valence-electron chi connectivity index (χ3n) is 4.17. The van der Waals surface area contributed by atoms with Crippen LogP contribution in [0.25, 0.3) is 0 Å². The molecule has 1 fully saturated rings. The summed E-state index contributed by atoms with van der Waals surface area (Å²) in [4.78, 5) is 30.7. The second kappa shape index (κ2) is 7.25. The molecular weight excluding hydrogens is 302 g/mol. The zero-order chi connectivity index (χ0) is 16.9. The zero-order valence-electron chi connectivity index (χ0n) is 13.8. The highest BCUT2D eigenvalue weighted by Gasteiger charge is 2.21. The third kappa shape index (κ3) is 3.79. The predicted octanol–water partition coefficient (Wildman–Crippen LogP) is 2.56. The van der Waals surface area contributed by atoms with E-state index in [1.54, 1.807) is 23.1 Å². The first-order valence-electron chi connectivity index (χ1n) is 8.23. The van der Waals surface area contributed by atoms with Crippen molar-refractivity contribution in [2.45, 2.75) is 26.3 Å². The van der Waals surface area contributed by atoms with E-state index in [0.717, 1.165) is 31.5 Å². The maximum Gasteiger partial charge on any atom is 0.272 e. The van der Waals surface area contributed by atoms with Gasteiger partial charge in [0, 0.05) is 19.6 Å². The summed E-state index contributed by atoms with van der Waals surface area (Å²) in [7, 11) is 0. The van der Waals surface area contributed by atoms with Crippen LogP contribution in [0.3, 0.4) is 0 Å². The minimum absolute atomic E-state index is 0.0966. The average molecular weight is 323 g/mol. The molecular formula is C19H21N3O2. The second-order valence-electron chi connectivity index (χ2n) is 6.08. The molecule has 0 radical (unpaired) electrons. The van der Waals surface area contributed by atoms with Crippen molar-refractivity contribution in [2.75, 3.05) is 13.1 Å². The molecule has 0 bridgehead atoms. The number of carbonyl (C=O) groups is 2. The number of rotatable bonds is 4. The van der Waals surface area contributed by atoms with Gasteiger partial charge in [0.15, 0.2) is 0 Å². The lowest BCUT2D eigenvalue weighted by atomic mass is 10.1. The minimum atomic E-state index is -0.272. The molecule has 1 saturated heterocycles. The highest BCUT2D eigenvalue weighted by molar-refractivity contribution is 5.96. The maximum absolute atomic E-state index is 12.4. The summed E-state index contributed by atoms with van der Waals surface area (Å²) in [6, 6.07) is 13.0. The van der Waals surface area contributed by atoms with Crippen LogP contribution in [0.5, 0.6) is 0 Å². The molecule has 0 aliphatic carbocycles. The van der Waals surface area contributed by atoms with Gasteiger partial charge < -0.3 is 10.2 Å². The Kier molecular flexibility index (Phi) is 4.89. The fourth-order valence-corrected chi connectivity index (χ4v) is 2.74. The number of nitrogens with zero attached hydrogens (tertiary/aromatic N) is 2. The number of benzene rings is 1. The molecule has 124 valence electrons. The number of amides is 2. The van der Waals surface area contributed by atoms with Gasteiger partial charge in [0.25, 0.3) is 11.8 Å². The quantitative estimate of drug-likeness (QED) is 0.940. The SMILES string of the molecule is Cc1ccc(CNC(=O)c2cccc(C(=O)N3CCCC3)n2)cc1. The van der Waals surface area contributed by atoms with E-state index in [0.29, 0.717) is 12.2 Å². The van der Waals surface area contributed by atoms with Crippen molar-refractivity contribution in [1.82, 2.24) is 15.2 Å². The number of nitrogens with one attached hydrogen (secondary N) is 1. The molecule has 3 rings (SSSR count). The Labute approximate surface area is 141 Å². The molecule has 1 N–H and O–H groups in total. The maximum atomic E-state index is 12.4. The lowest BCUT2D eigenvalue weighted by molar-refractivity contribution is 0.0787. The highest BCUT2D eigenvalue weighted by Crippen LogP contribution is 2.12. The average Bonchev–Trinajstić information content (AvgIpc) is 3.15. The van der Waals surface area contributed by atoms with Crippen molar-refractivity contribution in [3.05, 3.63) is 65.0 Å². The van der Waals surface area contributed by atoms with E-state index in [9.17, 15) is 9.59 Å². The van der Waals surface area contributed by atoms with Crippen molar-refractivity contribution in [3.63, 3.8) is 0 Å². The van der Waals surface area contributed by atoms with Crippen molar-refractivity contribution >= 4 is 11.8 Å². The first-order valence-corrected chi connectivity index (χ1v) is 8.23. The van der Waals surface area contributed by atoms with Crippen LogP contribution in [0.15, 0.2) is 42.5 Å². The van der Waals surface area contributed by atoms with Crippen LogP contribution in [-0.4, -0.2) is 34.8 Å². The lowest BCUT2D eigenvalue weighted by Gasteiger charge is -2.14. The fraction of sp³-hybridized carbons (Fsp3) is 0.316. The summed E-state index contributed by atoms with van der Waals surface area (Å²) < 4.78 is 0. The molecule has 0 atom stereocenters. The van der Waals surface area contributed by atoms with E-state index < -0.39 is 0 Å². The number of hydrogen-bond donors (Lipinski definition) is 1. The van der Waals surface area contributed by atoms with Gasteiger partial charge in [-0.3, -0.25) is 9.59 Å².